The van der Waals surface area contributed by atoms with E-state index in [0.29, 0.717) is 11.3 Å². The third-order valence-corrected chi connectivity index (χ3v) is 4.16. The Balaban J connectivity index is 0.00000242. The zero-order valence-corrected chi connectivity index (χ0v) is 14.0. The lowest BCUT2D eigenvalue weighted by Gasteiger charge is -2.27. The first-order valence-corrected chi connectivity index (χ1v) is 8.87. The molecular formula is C14H22ClN3O3S. The highest BCUT2D eigenvalue weighted by Crippen LogP contribution is 2.20. The van der Waals surface area contributed by atoms with Crippen LogP contribution >= 0.6 is 12.4 Å². The van der Waals surface area contributed by atoms with Gasteiger partial charge in [-0.05, 0) is 37.8 Å². The number of amides is 1. The summed E-state index contributed by atoms with van der Waals surface area (Å²) in [5.74, 6) is -0.262. The first kappa shape index (κ1) is 18.7. The van der Waals surface area contributed by atoms with Gasteiger partial charge in [-0.2, -0.15) is 0 Å². The highest BCUT2D eigenvalue weighted by molar-refractivity contribution is 7.92. The number of rotatable bonds is 4. The average molecular weight is 348 g/mol. The molecule has 1 aromatic carbocycles. The summed E-state index contributed by atoms with van der Waals surface area (Å²) in [6.07, 6.45) is 4.57. The Kier molecular flexibility index (Phi) is 6.65. The SMILES string of the molecule is CS(=O)(=O)Nc1ccccc1C(=O)NC1CCC(N)CC1.Cl. The first-order valence-electron chi connectivity index (χ1n) is 6.98. The van der Waals surface area contributed by atoms with Crippen LogP contribution in [0.15, 0.2) is 24.3 Å². The fraction of sp³-hybridized carbons (Fsp3) is 0.500. The maximum absolute atomic E-state index is 12.3. The number of carbonyl (C=O) groups is 1. The molecule has 0 heterocycles. The summed E-state index contributed by atoms with van der Waals surface area (Å²) < 4.78 is 25.1. The van der Waals surface area contributed by atoms with Crippen molar-refractivity contribution in [3.05, 3.63) is 29.8 Å². The highest BCUT2D eigenvalue weighted by atomic mass is 35.5. The molecule has 124 valence electrons. The molecule has 1 aliphatic rings. The summed E-state index contributed by atoms with van der Waals surface area (Å²) in [5.41, 5.74) is 6.47. The van der Waals surface area contributed by atoms with E-state index in [1.807, 2.05) is 0 Å². The van der Waals surface area contributed by atoms with Gasteiger partial charge in [0.15, 0.2) is 0 Å². The van der Waals surface area contributed by atoms with E-state index >= 15 is 0 Å². The molecule has 4 N–H and O–H groups in total. The molecule has 0 atom stereocenters. The van der Waals surface area contributed by atoms with Gasteiger partial charge in [-0.1, -0.05) is 12.1 Å². The van der Waals surface area contributed by atoms with Gasteiger partial charge < -0.3 is 11.1 Å². The molecule has 1 aliphatic carbocycles. The largest absolute Gasteiger partial charge is 0.349 e. The number of nitrogens with one attached hydrogen (secondary N) is 2. The van der Waals surface area contributed by atoms with E-state index in [0.717, 1.165) is 31.9 Å². The van der Waals surface area contributed by atoms with E-state index in [9.17, 15) is 13.2 Å². The molecular weight excluding hydrogens is 326 g/mol. The summed E-state index contributed by atoms with van der Waals surface area (Å²) in [4.78, 5) is 12.3. The topological polar surface area (TPSA) is 101 Å². The van der Waals surface area contributed by atoms with Crippen LogP contribution in [0, 0.1) is 0 Å². The van der Waals surface area contributed by atoms with Gasteiger partial charge in [0.05, 0.1) is 17.5 Å². The summed E-state index contributed by atoms with van der Waals surface area (Å²) >= 11 is 0. The maximum atomic E-state index is 12.3. The highest BCUT2D eigenvalue weighted by Gasteiger charge is 2.22. The average Bonchev–Trinajstić information content (AvgIpc) is 2.40. The second-order valence-electron chi connectivity index (χ2n) is 5.50. The number of nitrogens with two attached hydrogens (primary N) is 1. The molecule has 0 unspecified atom stereocenters. The van der Waals surface area contributed by atoms with Crippen molar-refractivity contribution in [3.8, 4) is 0 Å². The van der Waals surface area contributed by atoms with Crippen molar-refractivity contribution < 1.29 is 13.2 Å². The molecule has 0 saturated heterocycles. The fourth-order valence-corrected chi connectivity index (χ4v) is 3.07. The van der Waals surface area contributed by atoms with Gasteiger partial charge >= 0.3 is 0 Å². The number of carbonyl (C=O) groups excluding carboxylic acids is 1. The molecule has 6 nitrogen and oxygen atoms in total. The number of para-hydroxylation sites is 1. The van der Waals surface area contributed by atoms with E-state index < -0.39 is 10.0 Å². The molecule has 0 aromatic heterocycles. The lowest BCUT2D eigenvalue weighted by molar-refractivity contribution is 0.0927. The van der Waals surface area contributed by atoms with E-state index in [-0.39, 0.29) is 30.4 Å². The molecule has 0 radical (unpaired) electrons. The number of benzene rings is 1. The van der Waals surface area contributed by atoms with Gasteiger partial charge in [-0.15, -0.1) is 12.4 Å². The number of hydrogen-bond acceptors (Lipinski definition) is 4. The van der Waals surface area contributed by atoms with Gasteiger partial charge in [-0.25, -0.2) is 8.42 Å². The minimum absolute atomic E-state index is 0. The van der Waals surface area contributed by atoms with Crippen LogP contribution < -0.4 is 15.8 Å². The maximum Gasteiger partial charge on any atom is 0.253 e. The van der Waals surface area contributed by atoms with Crippen LogP contribution in [-0.2, 0) is 10.0 Å². The molecule has 2 rings (SSSR count). The van der Waals surface area contributed by atoms with Gasteiger partial charge in [0.25, 0.3) is 5.91 Å². The second-order valence-corrected chi connectivity index (χ2v) is 7.25. The molecule has 22 heavy (non-hydrogen) atoms. The summed E-state index contributed by atoms with van der Waals surface area (Å²) in [5, 5.41) is 2.95. The Hall–Kier alpha value is -1.31. The lowest BCUT2D eigenvalue weighted by atomic mass is 9.91. The third-order valence-electron chi connectivity index (χ3n) is 3.57. The minimum atomic E-state index is -3.42. The van der Waals surface area contributed by atoms with Crippen LogP contribution in [0.3, 0.4) is 0 Å². The zero-order chi connectivity index (χ0) is 15.5. The van der Waals surface area contributed by atoms with Gasteiger partial charge in [-0.3, -0.25) is 9.52 Å². The van der Waals surface area contributed by atoms with Crippen LogP contribution in [0.5, 0.6) is 0 Å². The van der Waals surface area contributed by atoms with Crippen molar-refractivity contribution >= 4 is 34.0 Å². The third kappa shape index (κ3) is 5.47. The van der Waals surface area contributed by atoms with Crippen LogP contribution in [0.4, 0.5) is 5.69 Å². The van der Waals surface area contributed by atoms with Crippen molar-refractivity contribution in [1.82, 2.24) is 5.32 Å². The summed E-state index contributed by atoms with van der Waals surface area (Å²) in [6.45, 7) is 0. The van der Waals surface area contributed by atoms with Crippen LogP contribution in [0.25, 0.3) is 0 Å². The lowest BCUT2D eigenvalue weighted by Crippen LogP contribution is -2.40. The smallest absolute Gasteiger partial charge is 0.253 e. The molecule has 0 aliphatic heterocycles. The van der Waals surface area contributed by atoms with Crippen molar-refractivity contribution in [3.63, 3.8) is 0 Å². The molecule has 1 fully saturated rings. The Morgan fingerprint density at radius 1 is 1.18 bits per heavy atom. The van der Waals surface area contributed by atoms with Crippen molar-refractivity contribution in [2.24, 2.45) is 5.73 Å². The summed E-state index contributed by atoms with van der Waals surface area (Å²) in [7, 11) is -3.42. The van der Waals surface area contributed by atoms with E-state index in [4.69, 9.17) is 5.73 Å². The monoisotopic (exact) mass is 347 g/mol. The minimum Gasteiger partial charge on any atom is -0.349 e. The Labute approximate surface area is 137 Å². The van der Waals surface area contributed by atoms with Crippen LogP contribution in [0.2, 0.25) is 0 Å². The molecule has 1 amide bonds. The Morgan fingerprint density at radius 3 is 2.36 bits per heavy atom. The normalized spacial score (nSPS) is 21.5. The van der Waals surface area contributed by atoms with E-state index in [1.54, 1.807) is 24.3 Å². The molecule has 0 spiro atoms. The Morgan fingerprint density at radius 2 is 1.77 bits per heavy atom. The first-order chi connectivity index (χ1) is 9.85. The zero-order valence-electron chi connectivity index (χ0n) is 12.4. The number of anilines is 1. The predicted octanol–water partition coefficient (Wildman–Crippen LogP) is 1.48. The standard InChI is InChI=1S/C14H21N3O3S.ClH/c1-21(19,20)17-13-5-3-2-4-12(13)14(18)16-11-8-6-10(15)7-9-11;/h2-5,10-11,17H,6-9,15H2,1H3,(H,16,18);1H. The van der Waals surface area contributed by atoms with Crippen LogP contribution in [-0.4, -0.2) is 32.7 Å². The molecule has 0 bridgehead atoms. The number of sulfonamides is 1. The van der Waals surface area contributed by atoms with Crippen molar-refractivity contribution in [1.29, 1.82) is 0 Å². The van der Waals surface area contributed by atoms with E-state index in [1.165, 1.54) is 0 Å². The van der Waals surface area contributed by atoms with Crippen LogP contribution in [0.1, 0.15) is 36.0 Å². The molecule has 8 heteroatoms. The quantitative estimate of drug-likeness (QED) is 0.767. The fourth-order valence-electron chi connectivity index (χ4n) is 2.50. The number of hydrogen-bond donors (Lipinski definition) is 3. The predicted molar refractivity (Wildman–Crippen MR) is 89.9 cm³/mol. The Bertz CT molecular complexity index is 614. The van der Waals surface area contributed by atoms with E-state index in [2.05, 4.69) is 10.0 Å². The second kappa shape index (κ2) is 7.80. The molecule has 1 saturated carbocycles. The van der Waals surface area contributed by atoms with Gasteiger partial charge in [0.1, 0.15) is 0 Å². The van der Waals surface area contributed by atoms with Crippen molar-refractivity contribution in [2.75, 3.05) is 11.0 Å². The van der Waals surface area contributed by atoms with Crippen molar-refractivity contribution in [2.45, 2.75) is 37.8 Å². The van der Waals surface area contributed by atoms with Gasteiger partial charge in [0.2, 0.25) is 10.0 Å². The van der Waals surface area contributed by atoms with Gasteiger partial charge in [0, 0.05) is 12.1 Å². The molecule has 1 aromatic rings. The number of halogens is 1. The summed E-state index contributed by atoms with van der Waals surface area (Å²) in [6, 6.07) is 6.90.